The average molecular weight is 298 g/mol. The van der Waals surface area contributed by atoms with E-state index >= 15 is 0 Å². The lowest BCUT2D eigenvalue weighted by Gasteiger charge is -2.21. The molecule has 0 atom stereocenters. The Kier molecular flexibility index (Phi) is 3.13. The van der Waals surface area contributed by atoms with Crippen LogP contribution in [0.2, 0.25) is 0 Å². The van der Waals surface area contributed by atoms with E-state index in [-0.39, 0.29) is 39.8 Å². The zero-order chi connectivity index (χ0) is 16.0. The van der Waals surface area contributed by atoms with Crippen molar-refractivity contribution in [2.45, 2.75) is 6.92 Å². The molecule has 0 amide bonds. The molecule has 0 radical (unpaired) electrons. The smallest absolute Gasteiger partial charge is 0.198 e. The van der Waals surface area contributed by atoms with Crippen LogP contribution in [0.25, 0.3) is 0 Å². The van der Waals surface area contributed by atoms with E-state index in [2.05, 4.69) is 0 Å². The van der Waals surface area contributed by atoms with Crippen molar-refractivity contribution in [2.24, 2.45) is 0 Å². The third-order valence-corrected chi connectivity index (χ3v) is 3.84. The van der Waals surface area contributed by atoms with Gasteiger partial charge >= 0.3 is 0 Å². The second-order valence-electron chi connectivity index (χ2n) is 5.07. The highest BCUT2D eigenvalue weighted by Crippen LogP contribution is 2.41. The van der Waals surface area contributed by atoms with Gasteiger partial charge in [0.25, 0.3) is 0 Å². The summed E-state index contributed by atoms with van der Waals surface area (Å²) in [6, 6.07) is 6.23. The maximum absolute atomic E-state index is 12.7. The molecule has 0 aliphatic heterocycles. The number of phenols is 1. The number of ketones is 2. The summed E-state index contributed by atoms with van der Waals surface area (Å²) in [5.41, 5.74) is 1.39. The number of hydrogen-bond acceptors (Lipinski definition) is 5. The van der Waals surface area contributed by atoms with Gasteiger partial charge in [0.15, 0.2) is 23.1 Å². The maximum Gasteiger partial charge on any atom is 0.198 e. The Morgan fingerprint density at radius 2 is 1.64 bits per heavy atom. The Morgan fingerprint density at radius 3 is 2.27 bits per heavy atom. The minimum atomic E-state index is -0.348. The largest absolute Gasteiger partial charge is 0.504 e. The highest BCUT2D eigenvalue weighted by atomic mass is 16.5. The fraction of sp³-hybridized carbons (Fsp3) is 0.176. The molecule has 2 aromatic rings. The minimum absolute atomic E-state index is 0.0369. The zero-order valence-electron chi connectivity index (χ0n) is 12.4. The van der Waals surface area contributed by atoms with Gasteiger partial charge in [-0.1, -0.05) is 0 Å². The Bertz CT molecular complexity index is 820. The van der Waals surface area contributed by atoms with Crippen molar-refractivity contribution in [3.05, 3.63) is 52.1 Å². The summed E-state index contributed by atoms with van der Waals surface area (Å²) in [5.74, 6) is -0.218. The molecule has 5 nitrogen and oxygen atoms in total. The normalized spacial score (nSPS) is 12.7. The lowest BCUT2D eigenvalue weighted by molar-refractivity contribution is 0.0975. The van der Waals surface area contributed by atoms with Crippen LogP contribution in [0.15, 0.2) is 24.3 Å². The van der Waals surface area contributed by atoms with Crippen LogP contribution < -0.4 is 9.47 Å². The van der Waals surface area contributed by atoms with Crippen LogP contribution in [0.4, 0.5) is 0 Å². The van der Waals surface area contributed by atoms with E-state index in [1.165, 1.54) is 20.3 Å². The van der Waals surface area contributed by atoms with E-state index in [0.717, 1.165) is 0 Å². The van der Waals surface area contributed by atoms with E-state index in [1.807, 2.05) is 0 Å². The lowest BCUT2D eigenvalue weighted by Crippen LogP contribution is -2.22. The molecule has 0 unspecified atom stereocenters. The summed E-state index contributed by atoms with van der Waals surface area (Å²) in [4.78, 5) is 25.4. The maximum atomic E-state index is 12.7. The summed E-state index contributed by atoms with van der Waals surface area (Å²) < 4.78 is 10.3. The first kappa shape index (κ1) is 14.1. The molecule has 0 bridgehead atoms. The number of methoxy groups -OCH3 is 2. The van der Waals surface area contributed by atoms with Crippen LogP contribution in [0.3, 0.4) is 0 Å². The standard InChI is InChI=1S/C17H14O5/c1-8-6-12-13(17(22-3)14(8)18)16(20)10-5-4-9(21-2)7-11(10)15(12)19/h4-7,18H,1-3H3. The van der Waals surface area contributed by atoms with E-state index in [4.69, 9.17) is 9.47 Å². The Morgan fingerprint density at radius 1 is 0.909 bits per heavy atom. The highest BCUT2D eigenvalue weighted by molar-refractivity contribution is 6.29. The number of carbonyl (C=O) groups is 2. The Labute approximate surface area is 127 Å². The number of aromatic hydroxyl groups is 1. The quantitative estimate of drug-likeness (QED) is 0.787. The molecular formula is C17H14O5. The van der Waals surface area contributed by atoms with Crippen LogP contribution in [0.5, 0.6) is 17.2 Å². The summed E-state index contributed by atoms with van der Waals surface area (Å²) in [6.45, 7) is 1.65. The molecule has 2 aromatic carbocycles. The topological polar surface area (TPSA) is 72.8 Å². The van der Waals surface area contributed by atoms with Gasteiger partial charge in [-0.3, -0.25) is 9.59 Å². The number of ether oxygens (including phenoxy) is 2. The first-order valence-corrected chi connectivity index (χ1v) is 6.67. The number of hydrogen-bond donors (Lipinski definition) is 1. The van der Waals surface area contributed by atoms with Crippen molar-refractivity contribution >= 4 is 11.6 Å². The third-order valence-electron chi connectivity index (χ3n) is 3.84. The average Bonchev–Trinajstić information content (AvgIpc) is 2.53. The zero-order valence-corrected chi connectivity index (χ0v) is 12.4. The van der Waals surface area contributed by atoms with Crippen LogP contribution >= 0.6 is 0 Å². The van der Waals surface area contributed by atoms with Gasteiger partial charge in [0, 0.05) is 16.7 Å². The molecule has 1 N–H and O–H groups in total. The predicted molar refractivity (Wildman–Crippen MR) is 79.3 cm³/mol. The van der Waals surface area contributed by atoms with Gasteiger partial charge in [-0.25, -0.2) is 0 Å². The van der Waals surface area contributed by atoms with Crippen molar-refractivity contribution in [2.75, 3.05) is 14.2 Å². The number of fused-ring (bicyclic) bond motifs is 2. The van der Waals surface area contributed by atoms with E-state index < -0.39 is 0 Å². The molecule has 1 aliphatic carbocycles. The third kappa shape index (κ3) is 1.79. The van der Waals surface area contributed by atoms with Crippen LogP contribution in [0.1, 0.15) is 37.4 Å². The van der Waals surface area contributed by atoms with E-state index in [0.29, 0.717) is 16.9 Å². The summed E-state index contributed by atoms with van der Waals surface area (Å²) in [5, 5.41) is 10.1. The number of rotatable bonds is 2. The monoisotopic (exact) mass is 298 g/mol. The van der Waals surface area contributed by atoms with Crippen LogP contribution in [-0.4, -0.2) is 30.9 Å². The number of phenolic OH excluding ortho intramolecular Hbond substituents is 1. The van der Waals surface area contributed by atoms with Gasteiger partial charge in [-0.15, -0.1) is 0 Å². The predicted octanol–water partition coefficient (Wildman–Crippen LogP) is 2.49. The highest BCUT2D eigenvalue weighted by Gasteiger charge is 2.34. The first-order valence-electron chi connectivity index (χ1n) is 6.67. The summed E-state index contributed by atoms with van der Waals surface area (Å²) in [7, 11) is 2.85. The van der Waals surface area contributed by atoms with Gasteiger partial charge in [0.1, 0.15) is 5.75 Å². The SMILES string of the molecule is COc1ccc2c(c1)C(=O)c1cc(C)c(O)c(OC)c1C2=O. The van der Waals surface area contributed by atoms with Crippen molar-refractivity contribution in [1.82, 2.24) is 0 Å². The molecule has 0 fully saturated rings. The number of benzene rings is 2. The van der Waals surface area contributed by atoms with Crippen LogP contribution in [-0.2, 0) is 0 Å². The van der Waals surface area contributed by atoms with E-state index in [1.54, 1.807) is 25.1 Å². The van der Waals surface area contributed by atoms with Crippen molar-refractivity contribution in [3.63, 3.8) is 0 Å². The van der Waals surface area contributed by atoms with Gasteiger partial charge in [0.2, 0.25) is 0 Å². The number of aryl methyl sites for hydroxylation is 1. The molecule has 0 saturated heterocycles. The fourth-order valence-corrected chi connectivity index (χ4v) is 2.70. The molecule has 1 aliphatic rings. The molecule has 22 heavy (non-hydrogen) atoms. The summed E-state index contributed by atoms with van der Waals surface area (Å²) in [6.07, 6.45) is 0. The molecule has 0 heterocycles. The molecule has 0 spiro atoms. The van der Waals surface area contributed by atoms with Crippen molar-refractivity contribution in [1.29, 1.82) is 0 Å². The molecule has 3 rings (SSSR count). The second kappa shape index (κ2) is 4.87. The van der Waals surface area contributed by atoms with Crippen molar-refractivity contribution in [3.8, 4) is 17.2 Å². The van der Waals surface area contributed by atoms with Gasteiger partial charge in [-0.2, -0.15) is 0 Å². The second-order valence-corrected chi connectivity index (χ2v) is 5.07. The van der Waals surface area contributed by atoms with Gasteiger partial charge in [0.05, 0.1) is 19.8 Å². The molecule has 5 heteroatoms. The molecular weight excluding hydrogens is 284 g/mol. The minimum Gasteiger partial charge on any atom is -0.504 e. The molecule has 112 valence electrons. The van der Waals surface area contributed by atoms with Gasteiger partial charge < -0.3 is 14.6 Å². The molecule has 0 aromatic heterocycles. The van der Waals surface area contributed by atoms with Crippen LogP contribution in [0, 0.1) is 6.92 Å². The first-order chi connectivity index (χ1) is 10.5. The van der Waals surface area contributed by atoms with E-state index in [9.17, 15) is 14.7 Å². The summed E-state index contributed by atoms with van der Waals surface area (Å²) >= 11 is 0. The van der Waals surface area contributed by atoms with Crippen molar-refractivity contribution < 1.29 is 24.2 Å². The fourth-order valence-electron chi connectivity index (χ4n) is 2.70. The number of carbonyl (C=O) groups excluding carboxylic acids is 2. The van der Waals surface area contributed by atoms with Gasteiger partial charge in [-0.05, 0) is 36.8 Å². The lowest BCUT2D eigenvalue weighted by atomic mass is 9.82. The Balaban J connectivity index is 2.33. The molecule has 0 saturated carbocycles. The Hall–Kier alpha value is -2.82.